The summed E-state index contributed by atoms with van der Waals surface area (Å²) in [6, 6.07) is 10.6. The van der Waals surface area contributed by atoms with Gasteiger partial charge in [0.2, 0.25) is 0 Å². The molecule has 0 amide bonds. The molecule has 1 nitrogen and oxygen atoms in total. The first-order valence-electron chi connectivity index (χ1n) is 6.47. The van der Waals surface area contributed by atoms with E-state index in [9.17, 15) is 0 Å². The Morgan fingerprint density at radius 2 is 1.76 bits per heavy atom. The van der Waals surface area contributed by atoms with Crippen molar-refractivity contribution in [1.29, 1.82) is 0 Å². The summed E-state index contributed by atoms with van der Waals surface area (Å²) in [7, 11) is 0. The zero-order chi connectivity index (χ0) is 12.5. The van der Waals surface area contributed by atoms with Crippen molar-refractivity contribution in [3.05, 3.63) is 35.9 Å². The SMILES string of the molecule is CC(C)CCOCCCC(Br)c1ccccc1. The predicted molar refractivity (Wildman–Crippen MR) is 77.6 cm³/mol. The van der Waals surface area contributed by atoms with Crippen molar-refractivity contribution in [3.63, 3.8) is 0 Å². The van der Waals surface area contributed by atoms with Crippen LogP contribution in [0.4, 0.5) is 0 Å². The molecule has 0 aromatic heterocycles. The first-order valence-corrected chi connectivity index (χ1v) is 7.38. The Morgan fingerprint density at radius 1 is 1.06 bits per heavy atom. The van der Waals surface area contributed by atoms with Crippen LogP contribution in [0.3, 0.4) is 0 Å². The van der Waals surface area contributed by atoms with Crippen LogP contribution >= 0.6 is 15.9 Å². The lowest BCUT2D eigenvalue weighted by molar-refractivity contribution is 0.120. The van der Waals surface area contributed by atoms with E-state index >= 15 is 0 Å². The molecule has 0 spiro atoms. The average Bonchev–Trinajstić information content (AvgIpc) is 2.34. The molecule has 1 aromatic carbocycles. The molecule has 1 rings (SSSR count). The highest BCUT2D eigenvalue weighted by Crippen LogP contribution is 2.27. The van der Waals surface area contributed by atoms with Gasteiger partial charge in [0.15, 0.2) is 0 Å². The van der Waals surface area contributed by atoms with Crippen molar-refractivity contribution in [2.24, 2.45) is 5.92 Å². The molecule has 0 saturated heterocycles. The quantitative estimate of drug-likeness (QED) is 0.486. The first kappa shape index (κ1) is 14.7. The normalized spacial score (nSPS) is 12.9. The Morgan fingerprint density at radius 3 is 2.41 bits per heavy atom. The van der Waals surface area contributed by atoms with Gasteiger partial charge in [-0.2, -0.15) is 0 Å². The summed E-state index contributed by atoms with van der Waals surface area (Å²) in [6.07, 6.45) is 3.41. The highest BCUT2D eigenvalue weighted by Gasteiger charge is 2.05. The van der Waals surface area contributed by atoms with Gasteiger partial charge in [0.05, 0.1) is 0 Å². The number of alkyl halides is 1. The van der Waals surface area contributed by atoms with Gasteiger partial charge in [-0.25, -0.2) is 0 Å². The van der Waals surface area contributed by atoms with Crippen molar-refractivity contribution in [2.75, 3.05) is 13.2 Å². The topological polar surface area (TPSA) is 9.23 Å². The fraction of sp³-hybridized carbons (Fsp3) is 0.600. The molecule has 0 radical (unpaired) electrons. The fourth-order valence-corrected chi connectivity index (χ4v) is 2.24. The Bertz CT molecular complexity index is 284. The highest BCUT2D eigenvalue weighted by atomic mass is 79.9. The maximum absolute atomic E-state index is 5.61. The molecule has 1 aromatic rings. The van der Waals surface area contributed by atoms with Crippen LogP contribution in [0, 0.1) is 5.92 Å². The Balaban J connectivity index is 2.07. The van der Waals surface area contributed by atoms with Gasteiger partial charge in [0.25, 0.3) is 0 Å². The minimum atomic E-state index is 0.456. The van der Waals surface area contributed by atoms with Crippen LogP contribution in [0.5, 0.6) is 0 Å². The van der Waals surface area contributed by atoms with Gasteiger partial charge < -0.3 is 4.74 Å². The van der Waals surface area contributed by atoms with Crippen molar-refractivity contribution in [1.82, 2.24) is 0 Å². The van der Waals surface area contributed by atoms with Gasteiger partial charge in [0, 0.05) is 18.0 Å². The zero-order valence-electron chi connectivity index (χ0n) is 10.9. The number of rotatable bonds is 8. The highest BCUT2D eigenvalue weighted by molar-refractivity contribution is 9.09. The first-order chi connectivity index (χ1) is 8.20. The second-order valence-corrected chi connectivity index (χ2v) is 5.92. The van der Waals surface area contributed by atoms with Crippen molar-refractivity contribution in [2.45, 2.75) is 37.9 Å². The number of ether oxygens (including phenoxy) is 1. The lowest BCUT2D eigenvalue weighted by Gasteiger charge is -2.10. The molecule has 1 atom stereocenters. The van der Waals surface area contributed by atoms with E-state index < -0.39 is 0 Å². The molecule has 0 aliphatic rings. The number of hydrogen-bond donors (Lipinski definition) is 0. The van der Waals surface area contributed by atoms with Gasteiger partial charge in [-0.15, -0.1) is 0 Å². The molecule has 0 N–H and O–H groups in total. The molecular formula is C15H23BrO. The number of halogens is 1. The van der Waals surface area contributed by atoms with Crippen LogP contribution in [0.2, 0.25) is 0 Å². The maximum atomic E-state index is 5.61. The molecule has 17 heavy (non-hydrogen) atoms. The lowest BCUT2D eigenvalue weighted by atomic mass is 10.1. The molecule has 0 bridgehead atoms. The van der Waals surface area contributed by atoms with Crippen molar-refractivity contribution >= 4 is 15.9 Å². The maximum Gasteiger partial charge on any atom is 0.0468 e. The van der Waals surface area contributed by atoms with Crippen LogP contribution in [0.1, 0.15) is 43.5 Å². The summed E-state index contributed by atoms with van der Waals surface area (Å²) >= 11 is 3.72. The smallest absolute Gasteiger partial charge is 0.0468 e. The number of hydrogen-bond acceptors (Lipinski definition) is 1. The minimum absolute atomic E-state index is 0.456. The van der Waals surface area contributed by atoms with Crippen LogP contribution in [0.15, 0.2) is 30.3 Å². The van der Waals surface area contributed by atoms with Gasteiger partial charge in [-0.05, 0) is 30.7 Å². The minimum Gasteiger partial charge on any atom is -0.381 e. The van der Waals surface area contributed by atoms with Gasteiger partial charge in [-0.3, -0.25) is 0 Å². The van der Waals surface area contributed by atoms with Crippen LogP contribution in [0.25, 0.3) is 0 Å². The molecule has 0 aliphatic heterocycles. The molecule has 0 saturated carbocycles. The third kappa shape index (κ3) is 6.85. The van der Waals surface area contributed by atoms with E-state index in [2.05, 4.69) is 60.1 Å². The third-order valence-corrected chi connectivity index (χ3v) is 3.73. The third-order valence-electron chi connectivity index (χ3n) is 2.75. The second-order valence-electron chi connectivity index (χ2n) is 4.82. The molecule has 1 unspecified atom stereocenters. The molecule has 96 valence electrons. The monoisotopic (exact) mass is 298 g/mol. The van der Waals surface area contributed by atoms with Crippen LogP contribution < -0.4 is 0 Å². The van der Waals surface area contributed by atoms with Crippen LogP contribution in [-0.2, 0) is 4.74 Å². The lowest BCUT2D eigenvalue weighted by Crippen LogP contribution is -2.01. The summed E-state index contributed by atoms with van der Waals surface area (Å²) in [5.74, 6) is 0.739. The van der Waals surface area contributed by atoms with Gasteiger partial charge in [0.1, 0.15) is 0 Å². The van der Waals surface area contributed by atoms with E-state index in [1.807, 2.05) is 0 Å². The van der Waals surface area contributed by atoms with Gasteiger partial charge >= 0.3 is 0 Å². The van der Waals surface area contributed by atoms with E-state index in [1.165, 1.54) is 5.56 Å². The summed E-state index contributed by atoms with van der Waals surface area (Å²) in [4.78, 5) is 0.456. The Hall–Kier alpha value is -0.340. The van der Waals surface area contributed by atoms with Gasteiger partial charge in [-0.1, -0.05) is 60.1 Å². The van der Waals surface area contributed by atoms with E-state index in [1.54, 1.807) is 0 Å². The van der Waals surface area contributed by atoms with E-state index in [0.29, 0.717) is 4.83 Å². The molecular weight excluding hydrogens is 276 g/mol. The summed E-state index contributed by atoms with van der Waals surface area (Å²) < 4.78 is 5.61. The Kier molecular flexibility index (Phi) is 7.54. The largest absolute Gasteiger partial charge is 0.381 e. The fourth-order valence-electron chi connectivity index (χ4n) is 1.61. The average molecular weight is 299 g/mol. The zero-order valence-corrected chi connectivity index (χ0v) is 12.4. The predicted octanol–water partition coefficient (Wildman–Crippen LogP) is 4.97. The molecule has 0 aliphatic carbocycles. The van der Waals surface area contributed by atoms with E-state index in [0.717, 1.165) is 38.4 Å². The summed E-state index contributed by atoms with van der Waals surface area (Å²) in [5, 5.41) is 0. The van der Waals surface area contributed by atoms with E-state index in [4.69, 9.17) is 4.74 Å². The second kappa shape index (κ2) is 8.71. The summed E-state index contributed by atoms with van der Waals surface area (Å²) in [5.41, 5.74) is 1.36. The van der Waals surface area contributed by atoms with Crippen LogP contribution in [-0.4, -0.2) is 13.2 Å². The molecule has 0 heterocycles. The van der Waals surface area contributed by atoms with Crippen molar-refractivity contribution < 1.29 is 4.74 Å². The Labute approximate surface area is 114 Å². The molecule has 0 fully saturated rings. The van der Waals surface area contributed by atoms with Crippen molar-refractivity contribution in [3.8, 4) is 0 Å². The summed E-state index contributed by atoms with van der Waals surface area (Å²) in [6.45, 7) is 6.23. The number of benzene rings is 1. The van der Waals surface area contributed by atoms with E-state index in [-0.39, 0.29) is 0 Å². The standard InChI is InChI=1S/C15H23BrO/c1-13(2)10-12-17-11-6-9-15(16)14-7-4-3-5-8-14/h3-5,7-8,13,15H,6,9-12H2,1-2H3. The molecule has 2 heteroatoms.